The van der Waals surface area contributed by atoms with Crippen LogP contribution in [-0.4, -0.2) is 11.7 Å². The zero-order valence-corrected chi connectivity index (χ0v) is 8.86. The molecule has 1 N–H and O–H groups in total. The van der Waals surface area contributed by atoms with Crippen molar-refractivity contribution in [2.45, 2.75) is 12.6 Å². The maximum absolute atomic E-state index is 12.4. The SMILES string of the molecule is OCCC#Cc1cc(C(F)(F)F)ccc1Cl. The number of aliphatic hydroxyl groups is 1. The number of aliphatic hydroxyl groups excluding tert-OH is 1. The molecule has 1 aromatic carbocycles. The van der Waals surface area contributed by atoms with Crippen molar-refractivity contribution in [2.75, 3.05) is 6.61 Å². The van der Waals surface area contributed by atoms with Crippen LogP contribution in [0.2, 0.25) is 5.02 Å². The lowest BCUT2D eigenvalue weighted by Gasteiger charge is -2.07. The van der Waals surface area contributed by atoms with Crippen LogP contribution in [0.5, 0.6) is 0 Å². The van der Waals surface area contributed by atoms with E-state index in [-0.39, 0.29) is 23.6 Å². The van der Waals surface area contributed by atoms with Gasteiger partial charge in [-0.15, -0.1) is 0 Å². The topological polar surface area (TPSA) is 20.2 Å². The normalized spacial score (nSPS) is 10.8. The van der Waals surface area contributed by atoms with Crippen molar-refractivity contribution >= 4 is 11.6 Å². The zero-order valence-electron chi connectivity index (χ0n) is 8.11. The lowest BCUT2D eigenvalue weighted by Crippen LogP contribution is -2.04. The van der Waals surface area contributed by atoms with E-state index < -0.39 is 11.7 Å². The summed E-state index contributed by atoms with van der Waals surface area (Å²) in [7, 11) is 0. The van der Waals surface area contributed by atoms with Crippen LogP contribution in [0, 0.1) is 11.8 Å². The number of hydrogen-bond acceptors (Lipinski definition) is 1. The molecule has 0 radical (unpaired) electrons. The molecule has 0 heterocycles. The minimum absolute atomic E-state index is 0.116. The number of benzene rings is 1. The summed E-state index contributed by atoms with van der Waals surface area (Å²) in [5, 5.41) is 8.65. The molecule has 0 aliphatic heterocycles. The molecule has 0 aliphatic rings. The van der Waals surface area contributed by atoms with Crippen LogP contribution < -0.4 is 0 Å². The molecule has 1 aromatic rings. The van der Waals surface area contributed by atoms with Crippen molar-refractivity contribution in [3.8, 4) is 11.8 Å². The third-order valence-corrected chi connectivity index (χ3v) is 2.08. The van der Waals surface area contributed by atoms with E-state index in [9.17, 15) is 13.2 Å². The predicted octanol–water partition coefficient (Wildman–Crippen LogP) is 3.09. The van der Waals surface area contributed by atoms with Crippen LogP contribution in [0.15, 0.2) is 18.2 Å². The van der Waals surface area contributed by atoms with Gasteiger partial charge in [0, 0.05) is 12.0 Å². The number of hydrogen-bond donors (Lipinski definition) is 1. The van der Waals surface area contributed by atoms with Gasteiger partial charge >= 0.3 is 6.18 Å². The molecule has 5 heteroatoms. The van der Waals surface area contributed by atoms with Crippen LogP contribution in [0.4, 0.5) is 13.2 Å². The van der Waals surface area contributed by atoms with E-state index >= 15 is 0 Å². The first-order valence-corrected chi connectivity index (χ1v) is 4.79. The van der Waals surface area contributed by atoms with Crippen LogP contribution in [0.1, 0.15) is 17.5 Å². The Kier molecular flexibility index (Phi) is 4.22. The highest BCUT2D eigenvalue weighted by molar-refractivity contribution is 6.31. The smallest absolute Gasteiger partial charge is 0.395 e. The van der Waals surface area contributed by atoms with Crippen LogP contribution in [0.3, 0.4) is 0 Å². The summed E-state index contributed by atoms with van der Waals surface area (Å²) in [4.78, 5) is 0. The fourth-order valence-electron chi connectivity index (χ4n) is 1.01. The molecule has 0 aromatic heterocycles. The molecule has 0 amide bonds. The van der Waals surface area contributed by atoms with E-state index in [1.807, 2.05) is 0 Å². The summed E-state index contributed by atoms with van der Waals surface area (Å²) in [5.41, 5.74) is -0.671. The highest BCUT2D eigenvalue weighted by Crippen LogP contribution is 2.31. The van der Waals surface area contributed by atoms with Crippen molar-refractivity contribution < 1.29 is 18.3 Å². The van der Waals surface area contributed by atoms with Gasteiger partial charge in [0.05, 0.1) is 17.2 Å². The molecule has 0 saturated carbocycles. The Morgan fingerprint density at radius 3 is 2.56 bits per heavy atom. The van der Waals surface area contributed by atoms with Crippen molar-refractivity contribution in [1.82, 2.24) is 0 Å². The Bertz CT molecular complexity index is 429. The molecule has 1 rings (SSSR count). The van der Waals surface area contributed by atoms with Gasteiger partial charge in [0.15, 0.2) is 0 Å². The first-order valence-electron chi connectivity index (χ1n) is 4.41. The summed E-state index contributed by atoms with van der Waals surface area (Å²) in [6.45, 7) is -0.135. The lowest BCUT2D eigenvalue weighted by molar-refractivity contribution is -0.137. The van der Waals surface area contributed by atoms with Gasteiger partial charge in [0.2, 0.25) is 0 Å². The molecule has 0 aliphatic carbocycles. The molecule has 0 spiro atoms. The van der Waals surface area contributed by atoms with Crippen molar-refractivity contribution in [1.29, 1.82) is 0 Å². The molecule has 1 nitrogen and oxygen atoms in total. The molecule has 86 valence electrons. The summed E-state index contributed by atoms with van der Waals surface area (Å²) >= 11 is 5.69. The Morgan fingerprint density at radius 2 is 2.00 bits per heavy atom. The largest absolute Gasteiger partial charge is 0.416 e. The quantitative estimate of drug-likeness (QED) is 0.758. The molecule has 0 bridgehead atoms. The van der Waals surface area contributed by atoms with Crippen molar-refractivity contribution in [2.24, 2.45) is 0 Å². The third-order valence-electron chi connectivity index (χ3n) is 1.75. The molecule has 16 heavy (non-hydrogen) atoms. The Labute approximate surface area is 95.8 Å². The van der Waals surface area contributed by atoms with E-state index in [1.165, 1.54) is 0 Å². The van der Waals surface area contributed by atoms with Gasteiger partial charge in [-0.2, -0.15) is 13.2 Å². The number of rotatable bonds is 1. The van der Waals surface area contributed by atoms with Gasteiger partial charge in [-0.05, 0) is 18.2 Å². The van der Waals surface area contributed by atoms with Crippen molar-refractivity contribution in [3.05, 3.63) is 34.3 Å². The average Bonchev–Trinajstić information content (AvgIpc) is 2.19. The van der Waals surface area contributed by atoms with Gasteiger partial charge in [0.25, 0.3) is 0 Å². The Hall–Kier alpha value is -1.18. The maximum atomic E-state index is 12.4. The summed E-state index contributed by atoms with van der Waals surface area (Å²) in [5.74, 6) is 5.00. The van der Waals surface area contributed by atoms with Crippen LogP contribution in [-0.2, 0) is 6.18 Å². The van der Waals surface area contributed by atoms with Gasteiger partial charge in [-0.3, -0.25) is 0 Å². The summed E-state index contributed by atoms with van der Waals surface area (Å²) < 4.78 is 37.1. The molecule has 0 atom stereocenters. The molecule has 0 saturated heterocycles. The van der Waals surface area contributed by atoms with E-state index in [4.69, 9.17) is 16.7 Å². The second-order valence-corrected chi connectivity index (χ2v) is 3.37. The lowest BCUT2D eigenvalue weighted by atomic mass is 10.1. The maximum Gasteiger partial charge on any atom is 0.416 e. The number of alkyl halides is 3. The summed E-state index contributed by atoms with van der Waals surface area (Å²) in [6.07, 6.45) is -4.20. The van der Waals surface area contributed by atoms with Gasteiger partial charge < -0.3 is 5.11 Å². The fourth-order valence-corrected chi connectivity index (χ4v) is 1.18. The van der Waals surface area contributed by atoms with Gasteiger partial charge in [-0.1, -0.05) is 23.4 Å². The average molecular weight is 249 g/mol. The minimum atomic E-state index is -4.40. The highest BCUT2D eigenvalue weighted by atomic mass is 35.5. The molecule has 0 unspecified atom stereocenters. The zero-order chi connectivity index (χ0) is 12.2. The second-order valence-electron chi connectivity index (χ2n) is 2.97. The third kappa shape index (κ3) is 3.44. The minimum Gasteiger partial charge on any atom is -0.395 e. The molecular formula is C11H8ClF3O. The number of halogens is 4. The van der Waals surface area contributed by atoms with Gasteiger partial charge in [0.1, 0.15) is 0 Å². The van der Waals surface area contributed by atoms with Crippen LogP contribution in [0.25, 0.3) is 0 Å². The van der Waals surface area contributed by atoms with Crippen LogP contribution >= 0.6 is 11.6 Å². The van der Waals surface area contributed by atoms with Crippen molar-refractivity contribution in [3.63, 3.8) is 0 Å². The first kappa shape index (κ1) is 12.9. The Morgan fingerprint density at radius 1 is 1.31 bits per heavy atom. The molecule has 0 fully saturated rings. The second kappa shape index (κ2) is 5.24. The van der Waals surface area contributed by atoms with E-state index in [2.05, 4.69) is 11.8 Å². The summed E-state index contributed by atoms with van der Waals surface area (Å²) in [6, 6.07) is 2.96. The Balaban J connectivity index is 3.06. The molecular weight excluding hydrogens is 241 g/mol. The standard InChI is InChI=1S/C11H8ClF3O/c12-10-5-4-9(11(13,14)15)7-8(10)3-1-2-6-16/h4-5,7,16H,2,6H2. The van der Waals surface area contributed by atoms with E-state index in [0.717, 1.165) is 18.2 Å². The highest BCUT2D eigenvalue weighted by Gasteiger charge is 2.30. The van der Waals surface area contributed by atoms with E-state index in [0.29, 0.717) is 0 Å². The van der Waals surface area contributed by atoms with Gasteiger partial charge in [-0.25, -0.2) is 0 Å². The fraction of sp³-hybridized carbons (Fsp3) is 0.273. The van der Waals surface area contributed by atoms with E-state index in [1.54, 1.807) is 0 Å². The predicted molar refractivity (Wildman–Crippen MR) is 55.0 cm³/mol. The first-order chi connectivity index (χ1) is 7.45. The monoisotopic (exact) mass is 248 g/mol.